The molecule has 1 N–H and O–H groups in total. The predicted molar refractivity (Wildman–Crippen MR) is 135 cm³/mol. The monoisotopic (exact) mass is 534 g/mol. The van der Waals surface area contributed by atoms with Gasteiger partial charge in [0.25, 0.3) is 5.91 Å². The summed E-state index contributed by atoms with van der Waals surface area (Å²) in [6.07, 6.45) is 6.36. The van der Waals surface area contributed by atoms with E-state index in [0.717, 1.165) is 42.1 Å². The Hall–Kier alpha value is -2.05. The van der Waals surface area contributed by atoms with E-state index in [0.29, 0.717) is 10.8 Å². The Morgan fingerprint density at radius 1 is 1.18 bits per heavy atom. The minimum atomic E-state index is -0.648. The zero-order valence-electron chi connectivity index (χ0n) is 19.3. The number of nitrogens with zero attached hydrogens (tertiary/aromatic N) is 1. The molecule has 5 nitrogen and oxygen atoms in total. The van der Waals surface area contributed by atoms with E-state index in [4.69, 9.17) is 16.3 Å². The number of nitrogens with one attached hydrogen (secondary N) is 1. The minimum absolute atomic E-state index is 0.143. The lowest BCUT2D eigenvalue weighted by molar-refractivity contribution is -0.142. The van der Waals surface area contributed by atoms with Crippen molar-refractivity contribution < 1.29 is 14.3 Å². The Morgan fingerprint density at radius 2 is 1.91 bits per heavy atom. The summed E-state index contributed by atoms with van der Waals surface area (Å²) in [5, 5.41) is 3.70. The third kappa shape index (κ3) is 7.21. The van der Waals surface area contributed by atoms with Gasteiger partial charge in [-0.1, -0.05) is 62.1 Å². The van der Waals surface area contributed by atoms with Crippen molar-refractivity contribution in [2.75, 3.05) is 6.61 Å². The van der Waals surface area contributed by atoms with Crippen LogP contribution in [0.3, 0.4) is 0 Å². The highest BCUT2D eigenvalue weighted by molar-refractivity contribution is 9.10. The van der Waals surface area contributed by atoms with Gasteiger partial charge < -0.3 is 15.0 Å². The number of aryl methyl sites for hydroxylation is 1. The van der Waals surface area contributed by atoms with Crippen LogP contribution in [0.4, 0.5) is 0 Å². The fourth-order valence-corrected chi connectivity index (χ4v) is 4.80. The van der Waals surface area contributed by atoms with Crippen molar-refractivity contribution in [3.05, 3.63) is 63.1 Å². The van der Waals surface area contributed by atoms with Crippen LogP contribution in [0.1, 0.15) is 57.1 Å². The second-order valence-corrected chi connectivity index (χ2v) is 9.80. The fraction of sp³-hybridized carbons (Fsp3) is 0.462. The zero-order valence-corrected chi connectivity index (χ0v) is 21.6. The topological polar surface area (TPSA) is 58.6 Å². The summed E-state index contributed by atoms with van der Waals surface area (Å²) in [7, 11) is 0. The van der Waals surface area contributed by atoms with Gasteiger partial charge in [0.15, 0.2) is 6.61 Å². The molecular formula is C26H32BrClN2O3. The molecule has 0 radical (unpaired) electrons. The second-order valence-electron chi connectivity index (χ2n) is 8.54. The number of carbonyl (C=O) groups excluding carboxylic acids is 2. The first-order valence-corrected chi connectivity index (χ1v) is 12.8. The summed E-state index contributed by atoms with van der Waals surface area (Å²) in [5.41, 5.74) is 1.97. The van der Waals surface area contributed by atoms with Gasteiger partial charge in [-0.05, 0) is 71.4 Å². The molecule has 0 heterocycles. The summed E-state index contributed by atoms with van der Waals surface area (Å²) in [5.74, 6) is 0.181. The SMILES string of the molecule is CCc1ccc(OCC(=O)N(Cc2ccccc2Cl)[C@H](C)C(=O)NC2CCCCC2)c(Br)c1. The number of amides is 2. The van der Waals surface area contributed by atoms with Crippen LogP contribution in [0, 0.1) is 0 Å². The number of benzene rings is 2. The lowest BCUT2D eigenvalue weighted by atomic mass is 9.95. The highest BCUT2D eigenvalue weighted by Gasteiger charge is 2.29. The maximum atomic E-state index is 13.3. The van der Waals surface area contributed by atoms with Crippen LogP contribution < -0.4 is 10.1 Å². The van der Waals surface area contributed by atoms with E-state index in [2.05, 4.69) is 28.2 Å². The van der Waals surface area contributed by atoms with Crippen LogP contribution >= 0.6 is 27.5 Å². The first-order chi connectivity index (χ1) is 15.9. The number of hydrogen-bond acceptors (Lipinski definition) is 3. The van der Waals surface area contributed by atoms with Crippen LogP contribution in [0.15, 0.2) is 46.9 Å². The van der Waals surface area contributed by atoms with Gasteiger partial charge in [0.1, 0.15) is 11.8 Å². The van der Waals surface area contributed by atoms with E-state index in [-0.39, 0.29) is 31.0 Å². The number of halogens is 2. The molecule has 1 saturated carbocycles. The van der Waals surface area contributed by atoms with Crippen molar-refractivity contribution in [2.24, 2.45) is 0 Å². The highest BCUT2D eigenvalue weighted by atomic mass is 79.9. The molecule has 1 atom stereocenters. The lowest BCUT2D eigenvalue weighted by Gasteiger charge is -2.31. The number of ether oxygens (including phenoxy) is 1. The normalized spacial score (nSPS) is 15.0. The number of carbonyl (C=O) groups is 2. The molecule has 2 aromatic carbocycles. The van der Waals surface area contributed by atoms with E-state index in [9.17, 15) is 9.59 Å². The fourth-order valence-electron chi connectivity index (χ4n) is 4.07. The van der Waals surface area contributed by atoms with Gasteiger partial charge in [-0.25, -0.2) is 0 Å². The quantitative estimate of drug-likeness (QED) is 0.434. The van der Waals surface area contributed by atoms with Gasteiger partial charge >= 0.3 is 0 Å². The van der Waals surface area contributed by atoms with Crippen LogP contribution in [-0.4, -0.2) is 35.4 Å². The standard InChI is InChI=1S/C26H32BrClN2O3/c1-3-19-13-14-24(22(27)15-19)33-17-25(31)30(16-20-9-7-8-12-23(20)28)18(2)26(32)29-21-10-5-4-6-11-21/h7-9,12-15,18,21H,3-6,10-11,16-17H2,1-2H3,(H,29,32)/t18-/m1/s1. The molecule has 0 saturated heterocycles. The summed E-state index contributed by atoms with van der Waals surface area (Å²) >= 11 is 9.87. The van der Waals surface area contributed by atoms with E-state index >= 15 is 0 Å². The van der Waals surface area contributed by atoms with Crippen molar-refractivity contribution in [3.63, 3.8) is 0 Å². The molecule has 178 valence electrons. The third-order valence-electron chi connectivity index (χ3n) is 6.17. The average Bonchev–Trinajstić information content (AvgIpc) is 2.82. The molecule has 2 amide bonds. The molecule has 1 aliphatic rings. The predicted octanol–water partition coefficient (Wildman–Crippen LogP) is 5.91. The summed E-state index contributed by atoms with van der Waals surface area (Å²) in [4.78, 5) is 27.9. The molecule has 0 aliphatic heterocycles. The molecule has 2 aromatic rings. The van der Waals surface area contributed by atoms with Crippen molar-refractivity contribution in [1.82, 2.24) is 10.2 Å². The van der Waals surface area contributed by atoms with Gasteiger partial charge in [-0.15, -0.1) is 0 Å². The van der Waals surface area contributed by atoms with Gasteiger partial charge in [0, 0.05) is 17.6 Å². The van der Waals surface area contributed by atoms with Gasteiger partial charge in [-0.3, -0.25) is 9.59 Å². The average molecular weight is 536 g/mol. The van der Waals surface area contributed by atoms with Crippen LogP contribution in [0.2, 0.25) is 5.02 Å². The smallest absolute Gasteiger partial charge is 0.261 e. The van der Waals surface area contributed by atoms with E-state index in [1.807, 2.05) is 36.4 Å². The van der Waals surface area contributed by atoms with Crippen LogP contribution in [0.25, 0.3) is 0 Å². The largest absolute Gasteiger partial charge is 0.483 e. The Morgan fingerprint density at radius 3 is 2.58 bits per heavy atom. The van der Waals surface area contributed by atoms with Crippen molar-refractivity contribution >= 4 is 39.3 Å². The van der Waals surface area contributed by atoms with Gasteiger partial charge in [0.05, 0.1) is 4.47 Å². The molecule has 0 unspecified atom stereocenters. The second kappa shape index (κ2) is 12.4. The van der Waals surface area contributed by atoms with Crippen LogP contribution in [-0.2, 0) is 22.6 Å². The van der Waals surface area contributed by atoms with Crippen LogP contribution in [0.5, 0.6) is 5.75 Å². The minimum Gasteiger partial charge on any atom is -0.483 e. The molecule has 7 heteroatoms. The van der Waals surface area contributed by atoms with E-state index in [1.165, 1.54) is 12.0 Å². The van der Waals surface area contributed by atoms with E-state index < -0.39 is 6.04 Å². The number of rotatable bonds is 9. The molecule has 1 fully saturated rings. The lowest BCUT2D eigenvalue weighted by Crippen LogP contribution is -2.51. The Labute approximate surface area is 210 Å². The van der Waals surface area contributed by atoms with Gasteiger partial charge in [-0.2, -0.15) is 0 Å². The first-order valence-electron chi connectivity index (χ1n) is 11.6. The van der Waals surface area contributed by atoms with Crippen molar-refractivity contribution in [3.8, 4) is 5.75 Å². The maximum Gasteiger partial charge on any atom is 0.261 e. The molecule has 1 aliphatic carbocycles. The van der Waals surface area contributed by atoms with Gasteiger partial charge in [0.2, 0.25) is 5.91 Å². The maximum absolute atomic E-state index is 13.3. The Balaban J connectivity index is 1.73. The molecule has 0 aromatic heterocycles. The number of hydrogen-bond donors (Lipinski definition) is 1. The van der Waals surface area contributed by atoms with E-state index in [1.54, 1.807) is 17.9 Å². The Kier molecular flexibility index (Phi) is 9.63. The first kappa shape index (κ1) is 25.6. The summed E-state index contributed by atoms with van der Waals surface area (Å²) in [6, 6.07) is 12.7. The molecule has 33 heavy (non-hydrogen) atoms. The molecular weight excluding hydrogens is 504 g/mol. The summed E-state index contributed by atoms with van der Waals surface area (Å²) in [6.45, 7) is 3.91. The highest BCUT2D eigenvalue weighted by Crippen LogP contribution is 2.27. The Bertz CT molecular complexity index is 962. The van der Waals surface area contributed by atoms with Crippen molar-refractivity contribution in [2.45, 2.75) is 71.0 Å². The zero-order chi connectivity index (χ0) is 23.8. The summed E-state index contributed by atoms with van der Waals surface area (Å²) < 4.78 is 6.63. The molecule has 3 rings (SSSR count). The molecule has 0 bridgehead atoms. The van der Waals surface area contributed by atoms with Crippen molar-refractivity contribution in [1.29, 1.82) is 0 Å². The molecule has 0 spiro atoms. The third-order valence-corrected chi connectivity index (χ3v) is 7.16.